The third-order valence-corrected chi connectivity index (χ3v) is 1.93. The van der Waals surface area contributed by atoms with Gasteiger partial charge in [0.1, 0.15) is 5.75 Å². The fourth-order valence-corrected chi connectivity index (χ4v) is 1.23. The summed E-state index contributed by atoms with van der Waals surface area (Å²) in [5.41, 5.74) is 11.1. The van der Waals surface area contributed by atoms with Crippen molar-refractivity contribution < 1.29 is 14.2 Å². The highest BCUT2D eigenvalue weighted by Gasteiger charge is 2.12. The van der Waals surface area contributed by atoms with Crippen LogP contribution >= 0.6 is 0 Å². The molecule has 0 aliphatic carbocycles. The summed E-state index contributed by atoms with van der Waals surface area (Å²) in [6.45, 7) is 0. The zero-order valence-electron chi connectivity index (χ0n) is 9.48. The number of nitrogens with zero attached hydrogens (tertiary/aromatic N) is 1. The second-order valence-corrected chi connectivity index (χ2v) is 2.92. The average Bonchev–Trinajstić information content (AvgIpc) is 2.28. The predicted octanol–water partition coefficient (Wildman–Crippen LogP) is 0.617. The van der Waals surface area contributed by atoms with Crippen molar-refractivity contribution in [3.8, 4) is 17.2 Å². The zero-order chi connectivity index (χ0) is 12.1. The van der Waals surface area contributed by atoms with Crippen LogP contribution in [0.5, 0.6) is 17.2 Å². The van der Waals surface area contributed by atoms with E-state index < -0.39 is 0 Å². The maximum Gasteiger partial charge on any atom is 0.191 e. The van der Waals surface area contributed by atoms with Gasteiger partial charge in [0.05, 0.1) is 21.3 Å². The normalized spacial score (nSPS) is 9.44. The summed E-state index contributed by atoms with van der Waals surface area (Å²) in [7, 11) is 4.58. The fourth-order valence-electron chi connectivity index (χ4n) is 1.23. The molecule has 0 radical (unpaired) electrons. The van der Waals surface area contributed by atoms with Gasteiger partial charge in [0.15, 0.2) is 23.1 Å². The molecule has 0 amide bonds. The molecule has 0 aliphatic heterocycles. The highest BCUT2D eigenvalue weighted by Crippen LogP contribution is 2.40. The molecule has 0 bridgehead atoms. The topological polar surface area (TPSA) is 92.1 Å². The summed E-state index contributed by atoms with van der Waals surface area (Å²) in [4.78, 5) is 3.94. The molecule has 0 atom stereocenters. The summed E-state index contributed by atoms with van der Waals surface area (Å²) in [5.74, 6) is 1.49. The van der Waals surface area contributed by atoms with Crippen LogP contribution in [0.15, 0.2) is 17.1 Å². The molecule has 6 nitrogen and oxygen atoms in total. The molecule has 0 aliphatic rings. The second-order valence-electron chi connectivity index (χ2n) is 2.92. The lowest BCUT2D eigenvalue weighted by molar-refractivity contribution is 0.377. The third kappa shape index (κ3) is 2.47. The number of guanidine groups is 1. The Hall–Kier alpha value is -2.11. The minimum atomic E-state index is -0.0678. The minimum absolute atomic E-state index is 0.0678. The van der Waals surface area contributed by atoms with Gasteiger partial charge in [-0.2, -0.15) is 0 Å². The average molecular weight is 225 g/mol. The molecule has 1 aromatic rings. The van der Waals surface area contributed by atoms with E-state index in [1.807, 2.05) is 0 Å². The quantitative estimate of drug-likeness (QED) is 0.578. The van der Waals surface area contributed by atoms with Crippen molar-refractivity contribution in [3.05, 3.63) is 12.1 Å². The van der Waals surface area contributed by atoms with Crippen LogP contribution < -0.4 is 25.7 Å². The van der Waals surface area contributed by atoms with Crippen LogP contribution in [0.1, 0.15) is 0 Å². The molecule has 4 N–H and O–H groups in total. The van der Waals surface area contributed by atoms with Gasteiger partial charge < -0.3 is 25.7 Å². The van der Waals surface area contributed by atoms with Gasteiger partial charge in [-0.25, -0.2) is 4.99 Å². The Bertz CT molecular complexity index is 375. The van der Waals surface area contributed by atoms with Gasteiger partial charge in [0.25, 0.3) is 0 Å². The molecule has 16 heavy (non-hydrogen) atoms. The van der Waals surface area contributed by atoms with Gasteiger partial charge in [0.2, 0.25) is 0 Å². The Morgan fingerprint density at radius 1 is 1.00 bits per heavy atom. The minimum Gasteiger partial charge on any atom is -0.496 e. The van der Waals surface area contributed by atoms with Gasteiger partial charge >= 0.3 is 0 Å². The van der Waals surface area contributed by atoms with E-state index in [1.54, 1.807) is 19.2 Å². The highest BCUT2D eigenvalue weighted by atomic mass is 16.5. The van der Waals surface area contributed by atoms with Crippen LogP contribution in [0.25, 0.3) is 0 Å². The molecule has 0 fully saturated rings. The van der Waals surface area contributed by atoms with Crippen molar-refractivity contribution in [2.45, 2.75) is 0 Å². The number of aliphatic imine (C=N–C) groups is 1. The Morgan fingerprint density at radius 2 is 1.50 bits per heavy atom. The number of rotatable bonds is 4. The van der Waals surface area contributed by atoms with E-state index in [9.17, 15) is 0 Å². The van der Waals surface area contributed by atoms with E-state index in [1.165, 1.54) is 14.2 Å². The van der Waals surface area contributed by atoms with Crippen molar-refractivity contribution in [3.63, 3.8) is 0 Å². The SMILES string of the molecule is COc1cc(OC)c(N=C(N)N)c(OC)c1. The molecule has 6 heteroatoms. The van der Waals surface area contributed by atoms with Crippen molar-refractivity contribution in [2.24, 2.45) is 16.5 Å². The Balaban J connectivity index is 3.37. The van der Waals surface area contributed by atoms with Crippen molar-refractivity contribution in [1.29, 1.82) is 0 Å². The highest BCUT2D eigenvalue weighted by molar-refractivity contribution is 5.82. The van der Waals surface area contributed by atoms with Crippen LogP contribution in [0.3, 0.4) is 0 Å². The molecule has 0 heterocycles. The number of hydrogen-bond acceptors (Lipinski definition) is 4. The van der Waals surface area contributed by atoms with Gasteiger partial charge in [-0.15, -0.1) is 0 Å². The first-order valence-corrected chi connectivity index (χ1v) is 4.52. The van der Waals surface area contributed by atoms with E-state index in [0.29, 0.717) is 22.9 Å². The van der Waals surface area contributed by atoms with Gasteiger partial charge in [-0.1, -0.05) is 0 Å². The Kier molecular flexibility index (Phi) is 3.82. The first kappa shape index (κ1) is 12.0. The van der Waals surface area contributed by atoms with E-state index in [4.69, 9.17) is 25.7 Å². The summed E-state index contributed by atoms with van der Waals surface area (Å²) in [5, 5.41) is 0. The lowest BCUT2D eigenvalue weighted by atomic mass is 10.2. The molecule has 1 rings (SSSR count). The number of benzene rings is 1. The molecule has 88 valence electrons. The van der Waals surface area contributed by atoms with Crippen LogP contribution in [0, 0.1) is 0 Å². The van der Waals surface area contributed by atoms with Crippen LogP contribution in [-0.2, 0) is 0 Å². The standard InChI is InChI=1S/C10H15N3O3/c1-14-6-4-7(15-2)9(13-10(11)12)8(5-6)16-3/h4-5H,1-3H3,(H4,11,12,13). The first-order valence-electron chi connectivity index (χ1n) is 4.52. The van der Waals surface area contributed by atoms with Gasteiger partial charge in [-0.3, -0.25) is 0 Å². The van der Waals surface area contributed by atoms with E-state index in [0.717, 1.165) is 0 Å². The van der Waals surface area contributed by atoms with Crippen molar-refractivity contribution >= 4 is 11.6 Å². The summed E-state index contributed by atoms with van der Waals surface area (Å²) in [6.07, 6.45) is 0. The smallest absolute Gasteiger partial charge is 0.191 e. The van der Waals surface area contributed by atoms with Gasteiger partial charge in [-0.05, 0) is 0 Å². The molecule has 0 spiro atoms. The molecule has 0 aromatic heterocycles. The number of hydrogen-bond donors (Lipinski definition) is 2. The fraction of sp³-hybridized carbons (Fsp3) is 0.300. The second kappa shape index (κ2) is 5.11. The molecule has 1 aromatic carbocycles. The largest absolute Gasteiger partial charge is 0.496 e. The molecule has 0 unspecified atom stereocenters. The number of methoxy groups -OCH3 is 3. The Morgan fingerprint density at radius 3 is 1.81 bits per heavy atom. The maximum atomic E-state index is 5.33. The van der Waals surface area contributed by atoms with E-state index >= 15 is 0 Å². The van der Waals surface area contributed by atoms with E-state index in [-0.39, 0.29) is 5.96 Å². The van der Waals surface area contributed by atoms with Crippen LogP contribution in [0.2, 0.25) is 0 Å². The lowest BCUT2D eigenvalue weighted by Crippen LogP contribution is -2.22. The lowest BCUT2D eigenvalue weighted by Gasteiger charge is -2.11. The van der Waals surface area contributed by atoms with Crippen molar-refractivity contribution in [1.82, 2.24) is 0 Å². The summed E-state index contributed by atoms with van der Waals surface area (Å²) < 4.78 is 15.4. The third-order valence-electron chi connectivity index (χ3n) is 1.93. The molecule has 0 saturated carbocycles. The summed E-state index contributed by atoms with van der Waals surface area (Å²) >= 11 is 0. The monoisotopic (exact) mass is 225 g/mol. The van der Waals surface area contributed by atoms with Crippen molar-refractivity contribution in [2.75, 3.05) is 21.3 Å². The first-order chi connectivity index (χ1) is 7.62. The van der Waals surface area contributed by atoms with Crippen LogP contribution in [-0.4, -0.2) is 27.3 Å². The Labute approximate surface area is 93.8 Å². The van der Waals surface area contributed by atoms with Crippen LogP contribution in [0.4, 0.5) is 5.69 Å². The molecule has 0 saturated heterocycles. The number of nitrogens with two attached hydrogens (primary N) is 2. The van der Waals surface area contributed by atoms with Gasteiger partial charge in [0, 0.05) is 12.1 Å². The molecular weight excluding hydrogens is 210 g/mol. The number of ether oxygens (including phenoxy) is 3. The van der Waals surface area contributed by atoms with E-state index in [2.05, 4.69) is 4.99 Å². The molecular formula is C10H15N3O3. The summed E-state index contributed by atoms with van der Waals surface area (Å²) in [6, 6.07) is 3.34. The zero-order valence-corrected chi connectivity index (χ0v) is 9.48. The maximum absolute atomic E-state index is 5.33. The predicted molar refractivity (Wildman–Crippen MR) is 61.6 cm³/mol.